The molecule has 0 aliphatic carbocycles. The highest BCUT2D eigenvalue weighted by atomic mass is 16.5. The number of nitrogens with zero attached hydrogens (tertiary/aromatic N) is 1. The van der Waals surface area contributed by atoms with Crippen LogP contribution in [0.25, 0.3) is 11.1 Å². The molecular weight excluding hydrogens is 254 g/mol. The van der Waals surface area contributed by atoms with Crippen LogP contribution in [-0.2, 0) is 0 Å². The van der Waals surface area contributed by atoms with Crippen molar-refractivity contribution in [2.24, 2.45) is 0 Å². The molecule has 5 heteroatoms. The molecule has 102 valence electrons. The fourth-order valence-electron chi connectivity index (χ4n) is 2.21. The lowest BCUT2D eigenvalue weighted by Gasteiger charge is -2.13. The van der Waals surface area contributed by atoms with Gasteiger partial charge in [-0.15, -0.1) is 0 Å². The molecule has 1 aromatic carbocycles. The maximum Gasteiger partial charge on any atom is 0.268 e. The number of nitriles is 1. The monoisotopic (exact) mass is 269 g/mol. The zero-order valence-corrected chi connectivity index (χ0v) is 11.6. The second kappa shape index (κ2) is 5.10. The highest BCUT2D eigenvalue weighted by molar-refractivity contribution is 5.76. The van der Waals surface area contributed by atoms with Crippen LogP contribution in [0.5, 0.6) is 5.75 Å². The third kappa shape index (κ3) is 2.12. The third-order valence-corrected chi connectivity index (χ3v) is 3.41. The lowest BCUT2D eigenvalue weighted by atomic mass is 9.94. The number of benzene rings is 1. The van der Waals surface area contributed by atoms with Crippen LogP contribution in [0.3, 0.4) is 0 Å². The summed E-state index contributed by atoms with van der Waals surface area (Å²) < 4.78 is 5.26. The predicted molar refractivity (Wildman–Crippen MR) is 77.7 cm³/mol. The average Bonchev–Trinajstić information content (AvgIpc) is 2.41. The van der Waals surface area contributed by atoms with E-state index in [-0.39, 0.29) is 11.4 Å². The van der Waals surface area contributed by atoms with Crippen LogP contribution in [0.1, 0.15) is 16.7 Å². The highest BCUT2D eigenvalue weighted by Crippen LogP contribution is 2.32. The highest BCUT2D eigenvalue weighted by Gasteiger charge is 2.15. The molecule has 1 heterocycles. The first kappa shape index (κ1) is 13.7. The standard InChI is InChI=1S/C15H15N3O2/c1-8-9(2)13(20-3)5-4-10(8)11-6-14(17)18-15(19)12(11)7-16/h4-6H,1-3H3,(H3,17,18,19). The number of hydrogen-bond acceptors (Lipinski definition) is 4. The Morgan fingerprint density at radius 2 is 1.95 bits per heavy atom. The molecule has 0 saturated carbocycles. The van der Waals surface area contributed by atoms with Crippen molar-refractivity contribution < 1.29 is 4.74 Å². The van der Waals surface area contributed by atoms with Crippen molar-refractivity contribution in [2.45, 2.75) is 13.8 Å². The summed E-state index contributed by atoms with van der Waals surface area (Å²) >= 11 is 0. The van der Waals surface area contributed by atoms with Gasteiger partial charge in [0.15, 0.2) is 0 Å². The minimum atomic E-state index is -0.477. The maximum absolute atomic E-state index is 11.8. The molecule has 20 heavy (non-hydrogen) atoms. The van der Waals surface area contributed by atoms with E-state index in [0.29, 0.717) is 5.56 Å². The molecule has 1 aromatic heterocycles. The zero-order valence-electron chi connectivity index (χ0n) is 11.6. The van der Waals surface area contributed by atoms with Crippen molar-refractivity contribution in [3.63, 3.8) is 0 Å². The van der Waals surface area contributed by atoms with Crippen LogP contribution < -0.4 is 16.0 Å². The van der Waals surface area contributed by atoms with Gasteiger partial charge >= 0.3 is 0 Å². The molecule has 0 amide bonds. The van der Waals surface area contributed by atoms with Crippen LogP contribution in [0.2, 0.25) is 0 Å². The summed E-state index contributed by atoms with van der Waals surface area (Å²) in [6.45, 7) is 3.85. The second-order valence-electron chi connectivity index (χ2n) is 4.52. The first-order valence-corrected chi connectivity index (χ1v) is 6.07. The van der Waals surface area contributed by atoms with Gasteiger partial charge in [-0.1, -0.05) is 6.07 Å². The van der Waals surface area contributed by atoms with Crippen LogP contribution in [-0.4, -0.2) is 12.1 Å². The van der Waals surface area contributed by atoms with Crippen LogP contribution in [0.15, 0.2) is 23.0 Å². The first-order valence-electron chi connectivity index (χ1n) is 6.07. The summed E-state index contributed by atoms with van der Waals surface area (Å²) in [6.07, 6.45) is 0. The topological polar surface area (TPSA) is 91.9 Å². The Morgan fingerprint density at radius 3 is 2.55 bits per heavy atom. The van der Waals surface area contributed by atoms with Gasteiger partial charge in [0.1, 0.15) is 23.2 Å². The maximum atomic E-state index is 11.8. The summed E-state index contributed by atoms with van der Waals surface area (Å²) in [4.78, 5) is 14.2. The predicted octanol–water partition coefficient (Wildman–Crippen LogP) is 2.12. The van der Waals surface area contributed by atoms with Crippen molar-refractivity contribution >= 4 is 5.82 Å². The Labute approximate surface area is 116 Å². The molecule has 0 atom stereocenters. The fraction of sp³-hybridized carbons (Fsp3) is 0.200. The van der Waals surface area contributed by atoms with E-state index < -0.39 is 5.56 Å². The molecule has 0 spiro atoms. The Hall–Kier alpha value is -2.74. The van der Waals surface area contributed by atoms with Crippen LogP contribution in [0.4, 0.5) is 5.82 Å². The summed E-state index contributed by atoms with van der Waals surface area (Å²) in [7, 11) is 1.60. The summed E-state index contributed by atoms with van der Waals surface area (Å²) in [5.74, 6) is 0.999. The van der Waals surface area contributed by atoms with E-state index >= 15 is 0 Å². The first-order chi connectivity index (χ1) is 9.49. The minimum absolute atomic E-state index is 0.0619. The van der Waals surface area contributed by atoms with Crippen LogP contribution in [0, 0.1) is 25.2 Å². The van der Waals surface area contributed by atoms with Gasteiger partial charge in [-0.25, -0.2) is 0 Å². The van der Waals surface area contributed by atoms with E-state index in [1.165, 1.54) is 0 Å². The summed E-state index contributed by atoms with van der Waals surface area (Å²) in [5, 5.41) is 9.18. The number of H-pyrrole nitrogens is 1. The molecular formula is C15H15N3O2. The fourth-order valence-corrected chi connectivity index (χ4v) is 2.21. The number of nitrogen functional groups attached to an aromatic ring is 1. The van der Waals surface area contributed by atoms with E-state index in [9.17, 15) is 10.1 Å². The zero-order chi connectivity index (χ0) is 14.9. The van der Waals surface area contributed by atoms with Gasteiger partial charge in [-0.3, -0.25) is 4.79 Å². The average molecular weight is 269 g/mol. The summed E-state index contributed by atoms with van der Waals surface area (Å²) in [5.41, 5.74) is 8.52. The number of rotatable bonds is 2. The van der Waals surface area contributed by atoms with Crippen molar-refractivity contribution in [1.82, 2.24) is 4.98 Å². The number of methoxy groups -OCH3 is 1. The molecule has 0 bridgehead atoms. The van der Waals surface area contributed by atoms with Gasteiger partial charge in [0.05, 0.1) is 7.11 Å². The van der Waals surface area contributed by atoms with E-state index in [1.807, 2.05) is 32.0 Å². The van der Waals surface area contributed by atoms with Gasteiger partial charge in [0.2, 0.25) is 0 Å². The number of aromatic amines is 1. The Morgan fingerprint density at radius 1 is 1.25 bits per heavy atom. The summed E-state index contributed by atoms with van der Waals surface area (Å²) in [6, 6.07) is 7.18. The number of anilines is 1. The number of ether oxygens (including phenoxy) is 1. The van der Waals surface area contributed by atoms with Gasteiger partial charge in [-0.05, 0) is 42.7 Å². The van der Waals surface area contributed by atoms with Gasteiger partial charge < -0.3 is 15.5 Å². The molecule has 5 nitrogen and oxygen atoms in total. The van der Waals surface area contributed by atoms with Gasteiger partial charge in [-0.2, -0.15) is 5.26 Å². The van der Waals surface area contributed by atoms with E-state index in [1.54, 1.807) is 13.2 Å². The number of nitrogens with one attached hydrogen (secondary N) is 1. The smallest absolute Gasteiger partial charge is 0.268 e. The largest absolute Gasteiger partial charge is 0.496 e. The number of pyridine rings is 1. The molecule has 0 unspecified atom stereocenters. The quantitative estimate of drug-likeness (QED) is 0.873. The normalized spacial score (nSPS) is 10.1. The van der Waals surface area contributed by atoms with Crippen molar-refractivity contribution in [1.29, 1.82) is 5.26 Å². The van der Waals surface area contributed by atoms with E-state index in [4.69, 9.17) is 10.5 Å². The van der Waals surface area contributed by atoms with Crippen LogP contribution >= 0.6 is 0 Å². The number of aromatic nitrogens is 1. The van der Waals surface area contributed by atoms with Gasteiger partial charge in [0.25, 0.3) is 5.56 Å². The van der Waals surface area contributed by atoms with Crippen molar-refractivity contribution in [3.05, 3.63) is 45.2 Å². The van der Waals surface area contributed by atoms with Gasteiger partial charge in [0, 0.05) is 5.56 Å². The lowest BCUT2D eigenvalue weighted by molar-refractivity contribution is 0.411. The molecule has 0 saturated heterocycles. The number of nitrogens with two attached hydrogens (primary N) is 1. The Bertz CT molecular complexity index is 770. The SMILES string of the molecule is COc1ccc(-c2cc(N)[nH]c(=O)c2C#N)c(C)c1C. The third-order valence-electron chi connectivity index (χ3n) is 3.41. The molecule has 0 aliphatic rings. The van der Waals surface area contributed by atoms with Crippen molar-refractivity contribution in [3.8, 4) is 22.9 Å². The molecule has 0 radical (unpaired) electrons. The second-order valence-corrected chi connectivity index (χ2v) is 4.52. The Kier molecular flexibility index (Phi) is 3.49. The molecule has 0 aliphatic heterocycles. The molecule has 2 aromatic rings. The molecule has 0 fully saturated rings. The van der Waals surface area contributed by atoms with E-state index in [2.05, 4.69) is 4.98 Å². The van der Waals surface area contributed by atoms with Crippen molar-refractivity contribution in [2.75, 3.05) is 12.8 Å². The molecule has 2 rings (SSSR count). The minimum Gasteiger partial charge on any atom is -0.496 e. The number of hydrogen-bond donors (Lipinski definition) is 2. The molecule has 3 N–H and O–H groups in total. The lowest BCUT2D eigenvalue weighted by Crippen LogP contribution is -2.14. The van der Waals surface area contributed by atoms with E-state index in [0.717, 1.165) is 22.4 Å². The Balaban J connectivity index is 2.79.